The molecule has 2 nitrogen and oxygen atoms in total. The molecule has 0 amide bonds. The molecular formula is C14H14Cl2N2. The molecule has 2 aromatic rings. The van der Waals surface area contributed by atoms with Gasteiger partial charge in [-0.3, -0.25) is 0 Å². The van der Waals surface area contributed by atoms with Crippen LogP contribution >= 0.6 is 23.2 Å². The third-order valence-electron chi connectivity index (χ3n) is 2.80. The van der Waals surface area contributed by atoms with Gasteiger partial charge in [0, 0.05) is 5.69 Å². The number of hydrogen-bond acceptors (Lipinski definition) is 2. The van der Waals surface area contributed by atoms with Crippen molar-refractivity contribution in [1.29, 1.82) is 0 Å². The molecule has 18 heavy (non-hydrogen) atoms. The van der Waals surface area contributed by atoms with Crippen LogP contribution in [0.4, 0.5) is 17.1 Å². The molecule has 2 rings (SSSR count). The normalized spacial score (nSPS) is 10.4. The van der Waals surface area contributed by atoms with Gasteiger partial charge in [0.25, 0.3) is 0 Å². The molecule has 0 aliphatic rings. The van der Waals surface area contributed by atoms with Crippen molar-refractivity contribution in [2.75, 3.05) is 11.1 Å². The van der Waals surface area contributed by atoms with Crippen LogP contribution in [0.3, 0.4) is 0 Å². The van der Waals surface area contributed by atoms with E-state index in [1.807, 2.05) is 44.2 Å². The first-order chi connectivity index (χ1) is 8.49. The number of nitrogen functional groups attached to an aromatic ring is 1. The molecule has 0 aliphatic carbocycles. The van der Waals surface area contributed by atoms with E-state index in [1.165, 1.54) is 0 Å². The van der Waals surface area contributed by atoms with Crippen molar-refractivity contribution < 1.29 is 0 Å². The van der Waals surface area contributed by atoms with Crippen molar-refractivity contribution in [3.05, 3.63) is 51.5 Å². The highest BCUT2D eigenvalue weighted by molar-refractivity contribution is 6.34. The predicted octanol–water partition coefficient (Wildman–Crippen LogP) is 4.94. The number of hydrogen-bond donors (Lipinski definition) is 2. The second kappa shape index (κ2) is 5.09. The highest BCUT2D eigenvalue weighted by atomic mass is 35.5. The van der Waals surface area contributed by atoms with Crippen molar-refractivity contribution in [3.63, 3.8) is 0 Å². The highest BCUT2D eigenvalue weighted by Crippen LogP contribution is 2.32. The lowest BCUT2D eigenvalue weighted by Crippen LogP contribution is -1.97. The first-order valence-corrected chi connectivity index (χ1v) is 6.32. The Hall–Kier alpha value is -1.38. The minimum absolute atomic E-state index is 0.534. The Morgan fingerprint density at radius 1 is 1.00 bits per heavy atom. The van der Waals surface area contributed by atoms with Crippen LogP contribution in [0.2, 0.25) is 10.0 Å². The van der Waals surface area contributed by atoms with Gasteiger partial charge in [0.15, 0.2) is 0 Å². The number of rotatable bonds is 2. The minimum Gasteiger partial charge on any atom is -0.398 e. The lowest BCUT2D eigenvalue weighted by molar-refractivity contribution is 1.41. The fraction of sp³-hybridized carbons (Fsp3) is 0.143. The largest absolute Gasteiger partial charge is 0.398 e. The molecule has 94 valence electrons. The molecule has 0 heterocycles. The molecule has 4 heteroatoms. The predicted molar refractivity (Wildman–Crippen MR) is 80.1 cm³/mol. The summed E-state index contributed by atoms with van der Waals surface area (Å²) in [6, 6.07) is 9.51. The molecule has 0 bridgehead atoms. The van der Waals surface area contributed by atoms with Gasteiger partial charge in [-0.15, -0.1) is 0 Å². The first kappa shape index (κ1) is 13.1. The number of aryl methyl sites for hydroxylation is 2. The Kier molecular flexibility index (Phi) is 3.69. The van der Waals surface area contributed by atoms with Crippen LogP contribution in [0.25, 0.3) is 0 Å². The van der Waals surface area contributed by atoms with Crippen LogP contribution < -0.4 is 11.1 Å². The fourth-order valence-electron chi connectivity index (χ4n) is 1.73. The summed E-state index contributed by atoms with van der Waals surface area (Å²) in [5, 5.41) is 4.52. The van der Waals surface area contributed by atoms with E-state index < -0.39 is 0 Å². The maximum absolute atomic E-state index is 6.25. The van der Waals surface area contributed by atoms with Crippen LogP contribution in [0, 0.1) is 13.8 Å². The van der Waals surface area contributed by atoms with E-state index in [0.717, 1.165) is 22.5 Å². The average molecular weight is 281 g/mol. The zero-order chi connectivity index (χ0) is 13.3. The summed E-state index contributed by atoms with van der Waals surface area (Å²) in [6.45, 7) is 3.94. The Bertz CT molecular complexity index is 595. The molecule has 0 saturated heterocycles. The van der Waals surface area contributed by atoms with E-state index in [1.54, 1.807) is 0 Å². The molecule has 3 N–H and O–H groups in total. The Balaban J connectivity index is 2.40. The summed E-state index contributed by atoms with van der Waals surface area (Å²) < 4.78 is 0. The van der Waals surface area contributed by atoms with Gasteiger partial charge in [-0.1, -0.05) is 35.3 Å². The molecule has 0 fully saturated rings. The lowest BCUT2D eigenvalue weighted by Gasteiger charge is -2.13. The minimum atomic E-state index is 0.534. The van der Waals surface area contributed by atoms with Gasteiger partial charge in [0.05, 0.1) is 21.4 Å². The Labute approximate surface area is 117 Å². The Morgan fingerprint density at radius 3 is 2.44 bits per heavy atom. The second-order valence-electron chi connectivity index (χ2n) is 4.25. The molecule has 0 unspecified atom stereocenters. The van der Waals surface area contributed by atoms with Gasteiger partial charge in [-0.2, -0.15) is 0 Å². The lowest BCUT2D eigenvalue weighted by atomic mass is 10.1. The number of benzene rings is 2. The van der Waals surface area contributed by atoms with Crippen molar-refractivity contribution in [2.45, 2.75) is 13.8 Å². The standard InChI is InChI=1S/C14H14Cl2N2/c1-8-4-3-5-12(14(8)16)18-13-7-10(15)11(17)6-9(13)2/h3-7,18H,17H2,1-2H3. The zero-order valence-electron chi connectivity index (χ0n) is 10.2. The van der Waals surface area contributed by atoms with Crippen molar-refractivity contribution in [3.8, 4) is 0 Å². The summed E-state index contributed by atoms with van der Waals surface area (Å²) in [6.07, 6.45) is 0. The van der Waals surface area contributed by atoms with E-state index in [2.05, 4.69) is 5.32 Å². The molecule has 0 atom stereocenters. The molecule has 0 spiro atoms. The average Bonchev–Trinajstić information content (AvgIpc) is 2.32. The summed E-state index contributed by atoms with van der Waals surface area (Å²) in [4.78, 5) is 0. The van der Waals surface area contributed by atoms with E-state index in [9.17, 15) is 0 Å². The monoisotopic (exact) mass is 280 g/mol. The van der Waals surface area contributed by atoms with E-state index in [4.69, 9.17) is 28.9 Å². The SMILES string of the molecule is Cc1cc(N)c(Cl)cc1Nc1cccc(C)c1Cl. The first-order valence-electron chi connectivity index (χ1n) is 5.57. The fourth-order valence-corrected chi connectivity index (χ4v) is 2.06. The van der Waals surface area contributed by atoms with Gasteiger partial charge in [0.2, 0.25) is 0 Å². The quantitative estimate of drug-likeness (QED) is 0.765. The van der Waals surface area contributed by atoms with Crippen LogP contribution in [-0.2, 0) is 0 Å². The number of halogens is 2. The van der Waals surface area contributed by atoms with Crippen LogP contribution in [-0.4, -0.2) is 0 Å². The summed E-state index contributed by atoms with van der Waals surface area (Å²) in [7, 11) is 0. The van der Waals surface area contributed by atoms with Crippen LogP contribution in [0.15, 0.2) is 30.3 Å². The maximum atomic E-state index is 6.25. The van der Waals surface area contributed by atoms with Gasteiger partial charge in [0.1, 0.15) is 0 Å². The van der Waals surface area contributed by atoms with Gasteiger partial charge < -0.3 is 11.1 Å². The molecule has 0 aliphatic heterocycles. The zero-order valence-corrected chi connectivity index (χ0v) is 11.7. The van der Waals surface area contributed by atoms with Crippen molar-refractivity contribution >= 4 is 40.3 Å². The van der Waals surface area contributed by atoms with E-state index in [0.29, 0.717) is 15.7 Å². The molecule has 2 aromatic carbocycles. The van der Waals surface area contributed by atoms with E-state index >= 15 is 0 Å². The topological polar surface area (TPSA) is 38.0 Å². The summed E-state index contributed by atoms with van der Waals surface area (Å²) in [5.74, 6) is 0. The van der Waals surface area contributed by atoms with Gasteiger partial charge in [-0.05, 0) is 43.2 Å². The van der Waals surface area contributed by atoms with Crippen molar-refractivity contribution in [1.82, 2.24) is 0 Å². The van der Waals surface area contributed by atoms with Crippen molar-refractivity contribution in [2.24, 2.45) is 0 Å². The van der Waals surface area contributed by atoms with Crippen LogP contribution in [0.1, 0.15) is 11.1 Å². The second-order valence-corrected chi connectivity index (χ2v) is 5.04. The van der Waals surface area contributed by atoms with E-state index in [-0.39, 0.29) is 0 Å². The number of nitrogens with one attached hydrogen (secondary N) is 1. The summed E-state index contributed by atoms with van der Waals surface area (Å²) in [5.41, 5.74) is 10.1. The molecular weight excluding hydrogens is 267 g/mol. The van der Waals surface area contributed by atoms with Gasteiger partial charge >= 0.3 is 0 Å². The third kappa shape index (κ3) is 2.55. The number of nitrogens with two attached hydrogens (primary N) is 1. The highest BCUT2D eigenvalue weighted by Gasteiger charge is 2.07. The number of anilines is 3. The molecule has 0 aromatic heterocycles. The maximum Gasteiger partial charge on any atom is 0.0670 e. The molecule has 0 saturated carbocycles. The third-order valence-corrected chi connectivity index (χ3v) is 3.63. The smallest absolute Gasteiger partial charge is 0.0670 e. The summed E-state index contributed by atoms with van der Waals surface area (Å²) >= 11 is 12.3. The molecule has 0 radical (unpaired) electrons. The van der Waals surface area contributed by atoms with Crippen LogP contribution in [0.5, 0.6) is 0 Å². The van der Waals surface area contributed by atoms with Gasteiger partial charge in [-0.25, -0.2) is 0 Å². The Morgan fingerprint density at radius 2 is 1.72 bits per heavy atom.